The second-order valence-corrected chi connectivity index (χ2v) is 11.1. The van der Waals surface area contributed by atoms with Crippen molar-refractivity contribution in [2.24, 2.45) is 5.92 Å². The number of nitrogens with zero attached hydrogens (tertiary/aromatic N) is 2. The van der Waals surface area contributed by atoms with Crippen LogP contribution in [0.2, 0.25) is 0 Å². The normalized spacial score (nSPS) is 28.9. The molecule has 0 aromatic heterocycles. The highest BCUT2D eigenvalue weighted by atomic mass is 127. The number of ketones is 1. The molecule has 4 atom stereocenters. The monoisotopic (exact) mass is 636 g/mol. The van der Waals surface area contributed by atoms with E-state index in [0.29, 0.717) is 18.2 Å². The van der Waals surface area contributed by atoms with Crippen molar-refractivity contribution in [2.75, 3.05) is 6.54 Å². The molecule has 2 aromatic carbocycles. The molecule has 2 heterocycles. The quantitative estimate of drug-likeness (QED) is 0.274. The Labute approximate surface area is 199 Å². The standard InChI is InChI=1S/C21H22I2N2OS2/c1-14-7-9-16(10-8-14)19-12-21(26)17-13-24(27-22)18(11-20(17)25(19)28-23)15-5-3-2-4-6-15/h2-10,17-20H,11-13H2,1H3/t17-,18+,19+,20+/m1/s1. The van der Waals surface area contributed by atoms with E-state index in [1.165, 1.54) is 16.7 Å². The third-order valence-corrected chi connectivity index (χ3v) is 10.1. The second kappa shape index (κ2) is 9.55. The first-order valence-corrected chi connectivity index (χ1v) is 16.0. The molecule has 28 heavy (non-hydrogen) atoms. The van der Waals surface area contributed by atoms with E-state index in [1.54, 1.807) is 18.2 Å². The molecule has 2 aliphatic rings. The Balaban J connectivity index is 1.66. The minimum atomic E-state index is 0.0891. The molecule has 0 spiro atoms. The molecule has 0 amide bonds. The number of carbonyl (C=O) groups is 1. The fraction of sp³-hybridized carbons (Fsp3) is 0.381. The van der Waals surface area contributed by atoms with Crippen molar-refractivity contribution in [3.05, 3.63) is 71.3 Å². The zero-order chi connectivity index (χ0) is 19.7. The van der Waals surface area contributed by atoms with E-state index < -0.39 is 0 Å². The number of halogens is 2. The molecule has 3 nitrogen and oxygen atoms in total. The molecular weight excluding hydrogens is 614 g/mol. The van der Waals surface area contributed by atoms with Crippen LogP contribution in [0, 0.1) is 12.8 Å². The highest BCUT2D eigenvalue weighted by Gasteiger charge is 2.48. The van der Waals surface area contributed by atoms with E-state index in [2.05, 4.69) is 113 Å². The Morgan fingerprint density at radius 1 is 0.929 bits per heavy atom. The maximum atomic E-state index is 13.2. The number of piperidine rings is 2. The molecule has 2 aliphatic heterocycles. The van der Waals surface area contributed by atoms with Gasteiger partial charge in [0.05, 0.1) is 6.04 Å². The Kier molecular flexibility index (Phi) is 7.31. The van der Waals surface area contributed by atoms with Gasteiger partial charge in [-0.25, -0.2) is 8.61 Å². The summed E-state index contributed by atoms with van der Waals surface area (Å²) < 4.78 is 4.90. The average Bonchev–Trinajstić information content (AvgIpc) is 2.74. The van der Waals surface area contributed by atoms with Crippen LogP contribution in [-0.4, -0.2) is 27.0 Å². The van der Waals surface area contributed by atoms with Crippen molar-refractivity contribution in [1.29, 1.82) is 0 Å². The number of hydrogen-bond donors (Lipinski definition) is 0. The van der Waals surface area contributed by atoms with Gasteiger partial charge in [-0.1, -0.05) is 60.2 Å². The van der Waals surface area contributed by atoms with Gasteiger partial charge in [-0.05, 0) is 42.7 Å². The zero-order valence-electron chi connectivity index (χ0n) is 15.5. The van der Waals surface area contributed by atoms with Gasteiger partial charge in [0.25, 0.3) is 0 Å². The number of carbonyl (C=O) groups excluding carboxylic acids is 1. The lowest BCUT2D eigenvalue weighted by Crippen LogP contribution is -2.55. The van der Waals surface area contributed by atoms with Crippen LogP contribution < -0.4 is 0 Å². The largest absolute Gasteiger partial charge is 0.299 e. The molecule has 0 bridgehead atoms. The molecule has 148 valence electrons. The van der Waals surface area contributed by atoms with E-state index in [1.807, 2.05) is 0 Å². The van der Waals surface area contributed by atoms with Crippen LogP contribution in [0.3, 0.4) is 0 Å². The van der Waals surface area contributed by atoms with Gasteiger partial charge in [-0.2, -0.15) is 0 Å². The third kappa shape index (κ3) is 4.30. The molecule has 2 aromatic rings. The van der Waals surface area contributed by atoms with E-state index in [9.17, 15) is 4.79 Å². The van der Waals surface area contributed by atoms with Crippen LogP contribution in [0.1, 0.15) is 41.6 Å². The van der Waals surface area contributed by atoms with Crippen molar-refractivity contribution >= 4 is 66.4 Å². The topological polar surface area (TPSA) is 23.6 Å². The maximum absolute atomic E-state index is 13.2. The molecule has 0 unspecified atom stereocenters. The fourth-order valence-corrected chi connectivity index (χ4v) is 8.58. The van der Waals surface area contributed by atoms with Gasteiger partial charge >= 0.3 is 0 Å². The lowest BCUT2D eigenvalue weighted by atomic mass is 9.77. The van der Waals surface area contributed by atoms with E-state index in [0.717, 1.165) is 13.0 Å². The Hall–Kier alpha value is 0.190. The second-order valence-electron chi connectivity index (χ2n) is 7.53. The molecule has 2 saturated heterocycles. The summed E-state index contributed by atoms with van der Waals surface area (Å²) in [4.78, 5) is 13.2. The van der Waals surface area contributed by atoms with E-state index in [4.69, 9.17) is 0 Å². The van der Waals surface area contributed by atoms with Crippen molar-refractivity contribution in [2.45, 2.75) is 37.9 Å². The van der Waals surface area contributed by atoms with Crippen molar-refractivity contribution < 1.29 is 4.79 Å². The summed E-state index contributed by atoms with van der Waals surface area (Å²) in [5.41, 5.74) is 3.85. The number of fused-ring (bicyclic) bond motifs is 1. The summed E-state index contributed by atoms with van der Waals surface area (Å²) in [6.45, 7) is 2.93. The minimum absolute atomic E-state index is 0.0891. The summed E-state index contributed by atoms with van der Waals surface area (Å²) in [6.07, 6.45) is 1.59. The van der Waals surface area contributed by atoms with Gasteiger partial charge in [0.15, 0.2) is 0 Å². The van der Waals surface area contributed by atoms with Crippen molar-refractivity contribution in [3.63, 3.8) is 0 Å². The number of Topliss-reactive ketones (excluding diaryl/α,β-unsaturated/α-hetero) is 1. The highest BCUT2D eigenvalue weighted by Crippen LogP contribution is 2.50. The molecule has 0 radical (unpaired) electrons. The fourth-order valence-electron chi connectivity index (χ4n) is 4.42. The molecule has 2 fully saturated rings. The molecular formula is C21H22I2N2OS2. The van der Waals surface area contributed by atoms with Crippen LogP contribution in [0.5, 0.6) is 0 Å². The lowest BCUT2D eigenvalue weighted by Gasteiger charge is -2.50. The average molecular weight is 636 g/mol. The summed E-state index contributed by atoms with van der Waals surface area (Å²) in [6, 6.07) is 20.2. The van der Waals surface area contributed by atoms with Crippen LogP contribution in [0.25, 0.3) is 0 Å². The summed E-state index contributed by atoms with van der Waals surface area (Å²) in [5, 5.41) is 0. The Morgan fingerprint density at radius 3 is 2.25 bits per heavy atom. The smallest absolute Gasteiger partial charge is 0.140 e. The predicted octanol–water partition coefficient (Wildman–Crippen LogP) is 6.74. The van der Waals surface area contributed by atoms with Gasteiger partial charge in [0.1, 0.15) is 5.78 Å². The van der Waals surface area contributed by atoms with Gasteiger partial charge in [0, 0.05) is 73.4 Å². The van der Waals surface area contributed by atoms with Gasteiger partial charge in [-0.15, -0.1) is 0 Å². The molecule has 7 heteroatoms. The van der Waals surface area contributed by atoms with E-state index >= 15 is 0 Å². The molecule has 4 rings (SSSR count). The van der Waals surface area contributed by atoms with Crippen LogP contribution in [-0.2, 0) is 4.79 Å². The first-order valence-electron chi connectivity index (χ1n) is 9.39. The molecule has 0 aliphatic carbocycles. The van der Waals surface area contributed by atoms with Crippen LogP contribution in [0.15, 0.2) is 54.6 Å². The van der Waals surface area contributed by atoms with Gasteiger partial charge in [0.2, 0.25) is 0 Å². The van der Waals surface area contributed by atoms with E-state index in [-0.39, 0.29) is 18.0 Å². The Bertz CT molecular complexity index is 821. The molecule has 0 saturated carbocycles. The zero-order valence-corrected chi connectivity index (χ0v) is 21.4. The Morgan fingerprint density at radius 2 is 1.61 bits per heavy atom. The summed E-state index contributed by atoms with van der Waals surface area (Å²) >= 11 is 4.76. The van der Waals surface area contributed by atoms with Crippen molar-refractivity contribution in [1.82, 2.24) is 8.61 Å². The number of aryl methyl sites for hydroxylation is 1. The number of benzene rings is 2. The first kappa shape index (κ1) is 21.4. The van der Waals surface area contributed by atoms with Crippen LogP contribution >= 0.6 is 60.6 Å². The number of rotatable bonds is 4. The SMILES string of the molecule is Cc1ccc([C@@H]2CC(=O)[C@@H]3CN(SI)[C@H](c4ccccc4)C[C@@H]3N2SI)cc1. The lowest BCUT2D eigenvalue weighted by molar-refractivity contribution is -0.131. The predicted molar refractivity (Wildman–Crippen MR) is 136 cm³/mol. The highest BCUT2D eigenvalue weighted by molar-refractivity contribution is 14.2. The molecule has 0 N–H and O–H groups in total. The van der Waals surface area contributed by atoms with Gasteiger partial charge < -0.3 is 0 Å². The summed E-state index contributed by atoms with van der Waals surface area (Å²) in [5.74, 6) is 0.505. The first-order chi connectivity index (χ1) is 13.6. The minimum Gasteiger partial charge on any atom is -0.299 e. The third-order valence-electron chi connectivity index (χ3n) is 5.91. The maximum Gasteiger partial charge on any atom is 0.140 e. The van der Waals surface area contributed by atoms with Crippen molar-refractivity contribution in [3.8, 4) is 0 Å². The van der Waals surface area contributed by atoms with Crippen LogP contribution in [0.4, 0.5) is 0 Å². The summed E-state index contributed by atoms with van der Waals surface area (Å²) in [7, 11) is 3.51. The van der Waals surface area contributed by atoms with Gasteiger partial charge in [-0.3, -0.25) is 4.79 Å². The number of hydrogen-bond acceptors (Lipinski definition) is 5.